The van der Waals surface area contributed by atoms with Gasteiger partial charge in [-0.25, -0.2) is 4.79 Å². The standard InChI is InChI=1S/C12H15N3O3/c1-9(16)14-2-4-15(5-3-14)11-6-10(12(17)18)7-13-8-11/h6-8H,2-5H2,1H3,(H,17,18). The Kier molecular flexibility index (Phi) is 3.45. The zero-order chi connectivity index (χ0) is 13.1. The molecule has 96 valence electrons. The molecule has 1 aliphatic heterocycles. The lowest BCUT2D eigenvalue weighted by Gasteiger charge is -2.35. The molecule has 1 aliphatic rings. The van der Waals surface area contributed by atoms with Gasteiger partial charge in [-0.05, 0) is 6.07 Å². The number of hydrogen-bond acceptors (Lipinski definition) is 4. The second kappa shape index (κ2) is 5.03. The lowest BCUT2D eigenvalue weighted by Crippen LogP contribution is -2.48. The number of nitrogens with zero attached hydrogens (tertiary/aromatic N) is 3. The molecule has 1 fully saturated rings. The topological polar surface area (TPSA) is 73.7 Å². The molecule has 0 radical (unpaired) electrons. The highest BCUT2D eigenvalue weighted by molar-refractivity contribution is 5.88. The number of carboxylic acids is 1. The molecule has 0 atom stereocenters. The van der Waals surface area contributed by atoms with E-state index in [2.05, 4.69) is 4.98 Å². The number of amides is 1. The summed E-state index contributed by atoms with van der Waals surface area (Å²) >= 11 is 0. The number of aromatic carboxylic acids is 1. The summed E-state index contributed by atoms with van der Waals surface area (Å²) in [5, 5.41) is 8.91. The molecule has 1 N–H and O–H groups in total. The molecule has 1 aromatic rings. The van der Waals surface area contributed by atoms with Crippen LogP contribution >= 0.6 is 0 Å². The monoisotopic (exact) mass is 249 g/mol. The lowest BCUT2D eigenvalue weighted by atomic mass is 10.2. The van der Waals surface area contributed by atoms with E-state index in [0.29, 0.717) is 26.2 Å². The van der Waals surface area contributed by atoms with Crippen LogP contribution in [0.25, 0.3) is 0 Å². The third-order valence-electron chi connectivity index (χ3n) is 3.06. The van der Waals surface area contributed by atoms with Crippen LogP contribution in [-0.2, 0) is 4.79 Å². The van der Waals surface area contributed by atoms with Crippen molar-refractivity contribution in [3.8, 4) is 0 Å². The van der Waals surface area contributed by atoms with E-state index in [0.717, 1.165) is 5.69 Å². The zero-order valence-electron chi connectivity index (χ0n) is 10.2. The van der Waals surface area contributed by atoms with Crippen molar-refractivity contribution in [3.05, 3.63) is 24.0 Å². The van der Waals surface area contributed by atoms with E-state index in [-0.39, 0.29) is 11.5 Å². The molecule has 0 bridgehead atoms. The van der Waals surface area contributed by atoms with Crippen molar-refractivity contribution in [3.63, 3.8) is 0 Å². The van der Waals surface area contributed by atoms with Crippen molar-refractivity contribution in [2.75, 3.05) is 31.1 Å². The largest absolute Gasteiger partial charge is 0.478 e. The van der Waals surface area contributed by atoms with Crippen LogP contribution in [0.1, 0.15) is 17.3 Å². The third kappa shape index (κ3) is 2.58. The van der Waals surface area contributed by atoms with Crippen molar-refractivity contribution >= 4 is 17.6 Å². The van der Waals surface area contributed by atoms with Crippen LogP contribution in [0.5, 0.6) is 0 Å². The molecule has 1 aromatic heterocycles. The molecule has 2 heterocycles. The highest BCUT2D eigenvalue weighted by atomic mass is 16.4. The predicted octanol–water partition coefficient (Wildman–Crippen LogP) is 0.448. The average molecular weight is 249 g/mol. The fourth-order valence-corrected chi connectivity index (χ4v) is 2.00. The van der Waals surface area contributed by atoms with E-state index >= 15 is 0 Å². The molecular formula is C12H15N3O3. The maximum absolute atomic E-state index is 11.2. The van der Waals surface area contributed by atoms with Crippen LogP contribution in [0, 0.1) is 0 Å². The summed E-state index contributed by atoms with van der Waals surface area (Å²) < 4.78 is 0. The molecule has 1 saturated heterocycles. The van der Waals surface area contributed by atoms with Crippen LogP contribution in [0.2, 0.25) is 0 Å². The van der Waals surface area contributed by atoms with Gasteiger partial charge in [0.15, 0.2) is 0 Å². The van der Waals surface area contributed by atoms with Gasteiger partial charge in [-0.2, -0.15) is 0 Å². The number of pyridine rings is 1. The number of carbonyl (C=O) groups is 2. The summed E-state index contributed by atoms with van der Waals surface area (Å²) in [5.41, 5.74) is 0.972. The van der Waals surface area contributed by atoms with Crippen LogP contribution in [0.15, 0.2) is 18.5 Å². The molecule has 1 amide bonds. The molecular weight excluding hydrogens is 234 g/mol. The Hall–Kier alpha value is -2.11. The van der Waals surface area contributed by atoms with Crippen LogP contribution in [0.3, 0.4) is 0 Å². The van der Waals surface area contributed by atoms with E-state index < -0.39 is 5.97 Å². The lowest BCUT2D eigenvalue weighted by molar-refractivity contribution is -0.129. The van der Waals surface area contributed by atoms with Gasteiger partial charge in [-0.3, -0.25) is 9.78 Å². The van der Waals surface area contributed by atoms with E-state index in [1.165, 1.54) is 6.20 Å². The van der Waals surface area contributed by atoms with Gasteiger partial charge < -0.3 is 14.9 Å². The number of anilines is 1. The summed E-state index contributed by atoms with van der Waals surface area (Å²) in [6, 6.07) is 1.61. The van der Waals surface area contributed by atoms with Crippen molar-refractivity contribution in [2.24, 2.45) is 0 Å². The van der Waals surface area contributed by atoms with Gasteiger partial charge in [0.05, 0.1) is 17.4 Å². The number of carbonyl (C=O) groups excluding carboxylic acids is 1. The summed E-state index contributed by atoms with van der Waals surface area (Å²) in [6.07, 6.45) is 2.98. The van der Waals surface area contributed by atoms with E-state index in [1.54, 1.807) is 24.1 Å². The second-order valence-corrected chi connectivity index (χ2v) is 4.23. The Morgan fingerprint density at radius 3 is 2.44 bits per heavy atom. The minimum absolute atomic E-state index is 0.0760. The molecule has 0 aromatic carbocycles. The van der Waals surface area contributed by atoms with E-state index in [9.17, 15) is 9.59 Å². The van der Waals surface area contributed by atoms with Crippen molar-refractivity contribution in [2.45, 2.75) is 6.92 Å². The first-order chi connectivity index (χ1) is 8.58. The fraction of sp³-hybridized carbons (Fsp3) is 0.417. The Balaban J connectivity index is 2.07. The molecule has 6 nitrogen and oxygen atoms in total. The molecule has 0 aliphatic carbocycles. The highest BCUT2D eigenvalue weighted by Crippen LogP contribution is 2.16. The number of carboxylic acid groups (broad SMARTS) is 1. The van der Waals surface area contributed by atoms with Gasteiger partial charge in [0.25, 0.3) is 0 Å². The van der Waals surface area contributed by atoms with Gasteiger partial charge >= 0.3 is 5.97 Å². The Morgan fingerprint density at radius 2 is 1.89 bits per heavy atom. The maximum atomic E-state index is 11.2. The predicted molar refractivity (Wildman–Crippen MR) is 65.7 cm³/mol. The highest BCUT2D eigenvalue weighted by Gasteiger charge is 2.19. The first kappa shape index (κ1) is 12.3. The molecule has 0 unspecified atom stereocenters. The van der Waals surface area contributed by atoms with Crippen molar-refractivity contribution in [1.82, 2.24) is 9.88 Å². The second-order valence-electron chi connectivity index (χ2n) is 4.23. The molecule has 2 rings (SSSR count). The minimum atomic E-state index is -0.980. The molecule has 18 heavy (non-hydrogen) atoms. The van der Waals surface area contributed by atoms with Crippen LogP contribution < -0.4 is 4.90 Å². The zero-order valence-corrected chi connectivity index (χ0v) is 10.2. The number of piperazine rings is 1. The first-order valence-electron chi connectivity index (χ1n) is 5.77. The smallest absolute Gasteiger partial charge is 0.337 e. The van der Waals surface area contributed by atoms with Crippen molar-refractivity contribution in [1.29, 1.82) is 0 Å². The SMILES string of the molecule is CC(=O)N1CCN(c2cncc(C(=O)O)c2)CC1. The summed E-state index contributed by atoms with van der Waals surface area (Å²) in [6.45, 7) is 4.27. The minimum Gasteiger partial charge on any atom is -0.478 e. The van der Waals surface area contributed by atoms with Gasteiger partial charge in [0, 0.05) is 39.3 Å². The first-order valence-corrected chi connectivity index (χ1v) is 5.77. The number of rotatable bonds is 2. The van der Waals surface area contributed by atoms with Gasteiger partial charge in [-0.15, -0.1) is 0 Å². The average Bonchev–Trinajstić information content (AvgIpc) is 2.39. The van der Waals surface area contributed by atoms with Gasteiger partial charge in [0.2, 0.25) is 5.91 Å². The number of aromatic nitrogens is 1. The molecule has 0 spiro atoms. The molecule has 0 saturated carbocycles. The Bertz CT molecular complexity index is 467. The Morgan fingerprint density at radius 1 is 1.22 bits per heavy atom. The Labute approximate surface area is 105 Å². The fourth-order valence-electron chi connectivity index (χ4n) is 2.00. The van der Waals surface area contributed by atoms with Gasteiger partial charge in [-0.1, -0.05) is 0 Å². The number of hydrogen-bond donors (Lipinski definition) is 1. The normalized spacial score (nSPS) is 15.6. The molecule has 6 heteroatoms. The van der Waals surface area contributed by atoms with Crippen molar-refractivity contribution < 1.29 is 14.7 Å². The maximum Gasteiger partial charge on any atom is 0.337 e. The van der Waals surface area contributed by atoms with Crippen LogP contribution in [0.4, 0.5) is 5.69 Å². The van der Waals surface area contributed by atoms with E-state index in [4.69, 9.17) is 5.11 Å². The summed E-state index contributed by atoms with van der Waals surface area (Å²) in [7, 11) is 0. The summed E-state index contributed by atoms with van der Waals surface area (Å²) in [5.74, 6) is -0.904. The van der Waals surface area contributed by atoms with Crippen LogP contribution in [-0.4, -0.2) is 53.0 Å². The van der Waals surface area contributed by atoms with Gasteiger partial charge in [0.1, 0.15) is 0 Å². The van der Waals surface area contributed by atoms with E-state index in [1.807, 2.05) is 4.90 Å². The third-order valence-corrected chi connectivity index (χ3v) is 3.06. The quantitative estimate of drug-likeness (QED) is 0.823. The summed E-state index contributed by atoms with van der Waals surface area (Å²) in [4.78, 5) is 29.8.